The van der Waals surface area contributed by atoms with Gasteiger partial charge in [0.15, 0.2) is 9.84 Å². The SMILES string of the molecule is O=C(O)c1ccc(Cl)c(S(=O)(=O)C2CCOC2)c1. The zero-order chi connectivity index (χ0) is 13.3. The second-order valence-corrected chi connectivity index (χ2v) is 6.58. The number of carboxylic acid groups (broad SMARTS) is 1. The Morgan fingerprint density at radius 1 is 1.44 bits per heavy atom. The molecule has 0 amide bonds. The normalized spacial score (nSPS) is 19.9. The van der Waals surface area contributed by atoms with Crippen LogP contribution in [-0.4, -0.2) is 38.0 Å². The van der Waals surface area contributed by atoms with Crippen molar-refractivity contribution in [1.82, 2.24) is 0 Å². The summed E-state index contributed by atoms with van der Waals surface area (Å²) in [4.78, 5) is 10.7. The van der Waals surface area contributed by atoms with Crippen molar-refractivity contribution in [2.45, 2.75) is 16.6 Å². The second kappa shape index (κ2) is 4.87. The smallest absolute Gasteiger partial charge is 0.335 e. The minimum absolute atomic E-state index is 0.0342. The lowest BCUT2D eigenvalue weighted by molar-refractivity contribution is 0.0696. The molecule has 1 aliphatic rings. The maximum Gasteiger partial charge on any atom is 0.335 e. The molecule has 1 heterocycles. The van der Waals surface area contributed by atoms with Gasteiger partial charge in [0.05, 0.1) is 27.3 Å². The first-order valence-corrected chi connectivity index (χ1v) is 7.20. The first kappa shape index (κ1) is 13.3. The number of benzene rings is 1. The molecule has 0 aromatic heterocycles. The van der Waals surface area contributed by atoms with Crippen LogP contribution in [0.4, 0.5) is 0 Å². The van der Waals surface area contributed by atoms with Crippen LogP contribution in [0.1, 0.15) is 16.8 Å². The van der Waals surface area contributed by atoms with Crippen molar-refractivity contribution in [1.29, 1.82) is 0 Å². The molecule has 0 saturated carbocycles. The Morgan fingerprint density at radius 3 is 2.72 bits per heavy atom. The first-order valence-electron chi connectivity index (χ1n) is 5.27. The summed E-state index contributed by atoms with van der Waals surface area (Å²) in [5, 5.41) is 8.25. The van der Waals surface area contributed by atoms with E-state index in [9.17, 15) is 13.2 Å². The van der Waals surface area contributed by atoms with Crippen molar-refractivity contribution >= 4 is 27.4 Å². The number of carbonyl (C=O) groups is 1. The Kier molecular flexibility index (Phi) is 3.61. The molecule has 2 rings (SSSR count). The van der Waals surface area contributed by atoms with Gasteiger partial charge in [-0.15, -0.1) is 0 Å². The molecule has 1 atom stereocenters. The number of ether oxygens (including phenoxy) is 1. The molecule has 1 aromatic rings. The molecule has 0 spiro atoms. The molecule has 7 heteroatoms. The molecule has 0 aliphatic carbocycles. The van der Waals surface area contributed by atoms with Crippen LogP contribution in [0, 0.1) is 0 Å². The van der Waals surface area contributed by atoms with Crippen molar-refractivity contribution in [3.63, 3.8) is 0 Å². The molecular formula is C11H11ClO5S. The summed E-state index contributed by atoms with van der Waals surface area (Å²) >= 11 is 5.85. The highest BCUT2D eigenvalue weighted by atomic mass is 35.5. The molecule has 1 saturated heterocycles. The van der Waals surface area contributed by atoms with E-state index in [4.69, 9.17) is 21.4 Å². The van der Waals surface area contributed by atoms with Crippen LogP contribution >= 0.6 is 11.6 Å². The van der Waals surface area contributed by atoms with Gasteiger partial charge in [-0.25, -0.2) is 13.2 Å². The van der Waals surface area contributed by atoms with Crippen LogP contribution in [0.3, 0.4) is 0 Å². The van der Waals surface area contributed by atoms with Gasteiger partial charge >= 0.3 is 5.97 Å². The number of sulfone groups is 1. The molecular weight excluding hydrogens is 280 g/mol. The summed E-state index contributed by atoms with van der Waals surface area (Å²) in [5.41, 5.74) is -0.100. The highest BCUT2D eigenvalue weighted by molar-refractivity contribution is 7.92. The zero-order valence-corrected chi connectivity index (χ0v) is 10.9. The van der Waals surface area contributed by atoms with Gasteiger partial charge < -0.3 is 9.84 Å². The van der Waals surface area contributed by atoms with E-state index in [-0.39, 0.29) is 22.1 Å². The Balaban J connectivity index is 2.49. The average Bonchev–Trinajstić information content (AvgIpc) is 2.82. The number of halogens is 1. The fraction of sp³-hybridized carbons (Fsp3) is 0.364. The van der Waals surface area contributed by atoms with Crippen molar-refractivity contribution in [3.8, 4) is 0 Å². The van der Waals surface area contributed by atoms with E-state index in [1.165, 1.54) is 12.1 Å². The van der Waals surface area contributed by atoms with E-state index < -0.39 is 21.1 Å². The lowest BCUT2D eigenvalue weighted by Gasteiger charge is -2.11. The first-order chi connectivity index (χ1) is 8.43. The molecule has 1 N–H and O–H groups in total. The molecule has 0 radical (unpaired) electrons. The van der Waals surface area contributed by atoms with E-state index in [1.54, 1.807) is 0 Å². The van der Waals surface area contributed by atoms with Gasteiger partial charge in [-0.2, -0.15) is 0 Å². The van der Waals surface area contributed by atoms with Gasteiger partial charge in [0.2, 0.25) is 0 Å². The van der Waals surface area contributed by atoms with E-state index in [1.807, 2.05) is 0 Å². The fourth-order valence-electron chi connectivity index (χ4n) is 1.79. The van der Waals surface area contributed by atoms with Crippen LogP contribution in [0.25, 0.3) is 0 Å². The van der Waals surface area contributed by atoms with Crippen molar-refractivity contribution in [3.05, 3.63) is 28.8 Å². The van der Waals surface area contributed by atoms with Crippen molar-refractivity contribution in [2.24, 2.45) is 0 Å². The van der Waals surface area contributed by atoms with Crippen molar-refractivity contribution < 1.29 is 23.1 Å². The topological polar surface area (TPSA) is 80.7 Å². The minimum Gasteiger partial charge on any atom is -0.478 e. The second-order valence-electron chi connectivity index (χ2n) is 3.98. The molecule has 5 nitrogen and oxygen atoms in total. The van der Waals surface area contributed by atoms with Gasteiger partial charge in [-0.05, 0) is 24.6 Å². The largest absolute Gasteiger partial charge is 0.478 e. The summed E-state index contributed by atoms with van der Waals surface area (Å²) < 4.78 is 29.6. The quantitative estimate of drug-likeness (QED) is 0.914. The monoisotopic (exact) mass is 290 g/mol. The molecule has 1 fully saturated rings. The predicted molar refractivity (Wildman–Crippen MR) is 64.8 cm³/mol. The van der Waals surface area contributed by atoms with Crippen LogP contribution < -0.4 is 0 Å². The summed E-state index contributed by atoms with van der Waals surface area (Å²) in [6.07, 6.45) is 0.399. The summed E-state index contributed by atoms with van der Waals surface area (Å²) in [7, 11) is -3.65. The third kappa shape index (κ3) is 2.36. The van der Waals surface area contributed by atoms with Gasteiger partial charge in [0.25, 0.3) is 0 Å². The number of hydrogen-bond donors (Lipinski definition) is 1. The van der Waals surface area contributed by atoms with Gasteiger partial charge in [-0.1, -0.05) is 11.6 Å². The van der Waals surface area contributed by atoms with E-state index in [0.717, 1.165) is 6.07 Å². The average molecular weight is 291 g/mol. The Morgan fingerprint density at radius 2 is 2.17 bits per heavy atom. The molecule has 1 aromatic carbocycles. The lowest BCUT2D eigenvalue weighted by atomic mass is 10.2. The molecule has 98 valence electrons. The lowest BCUT2D eigenvalue weighted by Crippen LogP contribution is -2.22. The van der Waals surface area contributed by atoms with E-state index in [2.05, 4.69) is 0 Å². The number of aromatic carboxylic acids is 1. The van der Waals surface area contributed by atoms with E-state index in [0.29, 0.717) is 13.0 Å². The Hall–Kier alpha value is -1.11. The summed E-state index contributed by atoms with van der Waals surface area (Å²) in [6, 6.07) is 3.65. The standard InChI is InChI=1S/C11H11ClO5S/c12-9-2-1-7(11(13)14)5-10(9)18(15,16)8-3-4-17-6-8/h1-2,5,8H,3-4,6H2,(H,13,14). The van der Waals surface area contributed by atoms with Crippen LogP contribution in [-0.2, 0) is 14.6 Å². The maximum absolute atomic E-state index is 12.3. The van der Waals surface area contributed by atoms with E-state index >= 15 is 0 Å². The van der Waals surface area contributed by atoms with Gasteiger partial charge in [0.1, 0.15) is 0 Å². The highest BCUT2D eigenvalue weighted by Crippen LogP contribution is 2.29. The minimum atomic E-state index is -3.65. The molecule has 1 unspecified atom stereocenters. The number of rotatable bonds is 3. The van der Waals surface area contributed by atoms with Crippen LogP contribution in [0.15, 0.2) is 23.1 Å². The number of carboxylic acids is 1. The predicted octanol–water partition coefficient (Wildman–Crippen LogP) is 1.60. The van der Waals surface area contributed by atoms with Crippen LogP contribution in [0.2, 0.25) is 5.02 Å². The van der Waals surface area contributed by atoms with Crippen LogP contribution in [0.5, 0.6) is 0 Å². The van der Waals surface area contributed by atoms with Gasteiger partial charge in [-0.3, -0.25) is 0 Å². The Labute approximate surface area is 109 Å². The summed E-state index contributed by atoms with van der Waals surface area (Å²) in [5.74, 6) is -1.19. The Bertz CT molecular complexity index is 575. The third-order valence-electron chi connectivity index (χ3n) is 2.81. The third-order valence-corrected chi connectivity index (χ3v) is 5.45. The molecule has 0 bridgehead atoms. The fourth-order valence-corrected chi connectivity index (χ4v) is 3.90. The molecule has 1 aliphatic heterocycles. The summed E-state index contributed by atoms with van der Waals surface area (Å²) in [6.45, 7) is 0.510. The maximum atomic E-state index is 12.3. The number of hydrogen-bond acceptors (Lipinski definition) is 4. The van der Waals surface area contributed by atoms with Crippen molar-refractivity contribution in [2.75, 3.05) is 13.2 Å². The zero-order valence-electron chi connectivity index (χ0n) is 9.30. The van der Waals surface area contributed by atoms with Gasteiger partial charge in [0, 0.05) is 6.61 Å². The molecule has 18 heavy (non-hydrogen) atoms. The highest BCUT2D eigenvalue weighted by Gasteiger charge is 2.33.